The van der Waals surface area contributed by atoms with Gasteiger partial charge in [-0.15, -0.1) is 0 Å². The molecule has 2 aliphatic rings. The lowest BCUT2D eigenvalue weighted by atomic mass is 9.33. The van der Waals surface area contributed by atoms with Crippen LogP contribution in [0.1, 0.15) is 52.7 Å². The molecule has 0 radical (unpaired) electrons. The molecule has 3 nitrogen and oxygen atoms in total. The maximum Gasteiger partial charge on any atom is 0.252 e. The van der Waals surface area contributed by atoms with Crippen molar-refractivity contribution < 1.29 is 0 Å². The van der Waals surface area contributed by atoms with E-state index in [0.717, 1.165) is 17.1 Å². The fraction of sp³-hybridized carbons (Fsp3) is 0.0930. The van der Waals surface area contributed by atoms with Crippen molar-refractivity contribution in [2.45, 2.75) is 52.4 Å². The molecule has 6 heteroatoms. The summed E-state index contributed by atoms with van der Waals surface area (Å²) in [6, 6.07) is 125. The van der Waals surface area contributed by atoms with Gasteiger partial charge in [0.1, 0.15) is 0 Å². The topological polar surface area (TPSA) is 11.4 Å². The largest absolute Gasteiger partial charge is 0.311 e. The van der Waals surface area contributed by atoms with Gasteiger partial charge in [-0.1, -0.05) is 308 Å². The van der Waals surface area contributed by atoms with Gasteiger partial charge >= 0.3 is 0 Å². The van der Waals surface area contributed by atoms with Crippen LogP contribution in [0, 0.1) is 0 Å². The summed E-state index contributed by atoms with van der Waals surface area (Å²) in [4.78, 5) is 5.24. The first kappa shape index (κ1) is 57.0. The van der Waals surface area contributed by atoms with Crippen LogP contribution in [0.4, 0.5) is 34.1 Å². The number of nitrogens with zero attached hydrogens (tertiary/aromatic N) is 3. The van der Waals surface area contributed by atoms with Crippen LogP contribution in [0.5, 0.6) is 0 Å². The average molecular weight is 1210 g/mol. The number of hydrogen-bond donors (Lipinski definition) is 0. The molecule has 3 heterocycles. The molecule has 0 saturated carbocycles. The highest BCUT2D eigenvalue weighted by atomic mass is 28.3. The fourth-order valence-corrected chi connectivity index (χ4v) is 25.1. The zero-order chi connectivity index (χ0) is 62.3. The molecule has 0 spiro atoms. The van der Waals surface area contributed by atoms with Gasteiger partial charge in [-0.25, -0.2) is 0 Å². The van der Waals surface area contributed by atoms with Crippen molar-refractivity contribution in [3.05, 3.63) is 339 Å². The first-order chi connectivity index (χ1) is 44.9. The number of rotatable bonds is 11. The first-order valence-electron chi connectivity index (χ1n) is 32.5. The van der Waals surface area contributed by atoms with Crippen molar-refractivity contribution in [2.75, 3.05) is 9.80 Å². The Morgan fingerprint density at radius 1 is 0.261 bits per heavy atom. The summed E-state index contributed by atoms with van der Waals surface area (Å²) >= 11 is 0. The van der Waals surface area contributed by atoms with Gasteiger partial charge < -0.3 is 14.4 Å². The smallest absolute Gasteiger partial charge is 0.252 e. The van der Waals surface area contributed by atoms with E-state index in [9.17, 15) is 0 Å². The second-order valence-electron chi connectivity index (χ2n) is 27.2. The Kier molecular flexibility index (Phi) is 13.8. The number of para-hydroxylation sites is 2. The van der Waals surface area contributed by atoms with Gasteiger partial charge in [0, 0.05) is 44.9 Å². The third-order valence-corrected chi connectivity index (χ3v) is 29.6. The predicted molar refractivity (Wildman–Crippen MR) is 399 cm³/mol. The maximum absolute atomic E-state index is 2.87. The number of benzene rings is 13. The van der Waals surface area contributed by atoms with E-state index in [1.165, 1.54) is 114 Å². The summed E-state index contributed by atoms with van der Waals surface area (Å²) in [7, 11) is -5.73. The van der Waals surface area contributed by atoms with E-state index in [-0.39, 0.29) is 17.5 Å². The summed E-state index contributed by atoms with van der Waals surface area (Å²) in [5.74, 6) is 0. The van der Waals surface area contributed by atoms with Crippen molar-refractivity contribution in [1.82, 2.24) is 4.57 Å². The normalized spacial score (nSPS) is 13.0. The van der Waals surface area contributed by atoms with Crippen LogP contribution in [0.3, 0.4) is 0 Å². The lowest BCUT2D eigenvalue weighted by Crippen LogP contribution is -2.74. The molecule has 0 atom stereocenters. The van der Waals surface area contributed by atoms with Crippen molar-refractivity contribution >= 4 is 137 Å². The van der Waals surface area contributed by atoms with Crippen LogP contribution in [-0.4, -0.2) is 27.4 Å². The number of aromatic nitrogens is 1. The molecule has 0 aliphatic carbocycles. The summed E-state index contributed by atoms with van der Waals surface area (Å²) in [6.45, 7) is 14.0. The zero-order valence-electron chi connectivity index (χ0n) is 53.1. The van der Waals surface area contributed by atoms with Crippen molar-refractivity contribution in [3.63, 3.8) is 0 Å². The predicted octanol–water partition coefficient (Wildman–Crippen LogP) is 14.2. The highest BCUT2D eigenvalue weighted by molar-refractivity contribution is 7.20. The van der Waals surface area contributed by atoms with Crippen LogP contribution in [-0.2, 0) is 10.8 Å². The lowest BCUT2D eigenvalue weighted by Gasteiger charge is -2.45. The molecule has 0 unspecified atom stereocenters. The van der Waals surface area contributed by atoms with Gasteiger partial charge in [0.25, 0.3) is 6.71 Å². The average Bonchev–Trinajstić information content (AvgIpc) is 0.802. The first-order valence-corrected chi connectivity index (χ1v) is 36.5. The second-order valence-corrected chi connectivity index (χ2v) is 34.8. The van der Waals surface area contributed by atoms with Gasteiger partial charge in [-0.3, -0.25) is 0 Å². The molecule has 13 aromatic carbocycles. The van der Waals surface area contributed by atoms with E-state index in [0.29, 0.717) is 0 Å². The number of hydrogen-bond acceptors (Lipinski definition) is 2. The Morgan fingerprint density at radius 3 is 0.848 bits per heavy atom. The monoisotopic (exact) mass is 1210 g/mol. The zero-order valence-corrected chi connectivity index (χ0v) is 55.1. The molecular weight excluding hydrogens is 1140 g/mol. The van der Waals surface area contributed by atoms with Gasteiger partial charge in [0.05, 0.1) is 16.7 Å². The molecule has 1 aromatic heterocycles. The van der Waals surface area contributed by atoms with Crippen molar-refractivity contribution in [1.29, 1.82) is 0 Å². The summed E-state index contributed by atoms with van der Waals surface area (Å²) in [5, 5.41) is 13.3. The molecule has 0 N–H and O–H groups in total. The molecule has 2 aliphatic heterocycles. The molecular formula is C86H72BN3Si2. The summed E-state index contributed by atoms with van der Waals surface area (Å²) in [5.41, 5.74) is 16.8. The Balaban J connectivity index is 0.990. The van der Waals surface area contributed by atoms with E-state index in [1.807, 2.05) is 0 Å². The van der Waals surface area contributed by atoms with Crippen LogP contribution in [0.15, 0.2) is 328 Å². The minimum Gasteiger partial charge on any atom is -0.311 e. The highest BCUT2D eigenvalue weighted by Crippen LogP contribution is 2.47. The van der Waals surface area contributed by atoms with Crippen LogP contribution < -0.4 is 67.7 Å². The van der Waals surface area contributed by atoms with Crippen molar-refractivity contribution in [3.8, 4) is 5.69 Å². The minimum atomic E-state index is -2.87. The molecule has 16 rings (SSSR count). The third kappa shape index (κ3) is 9.05. The summed E-state index contributed by atoms with van der Waals surface area (Å²) < 4.78 is 2.52. The molecule has 14 aromatic rings. The number of anilines is 6. The Labute approximate surface area is 544 Å². The van der Waals surface area contributed by atoms with Gasteiger partial charge in [0.15, 0.2) is 16.1 Å². The molecule has 0 saturated heterocycles. The molecule has 0 fully saturated rings. The van der Waals surface area contributed by atoms with E-state index in [4.69, 9.17) is 0 Å². The van der Waals surface area contributed by atoms with E-state index < -0.39 is 16.1 Å². The maximum atomic E-state index is 2.62. The van der Waals surface area contributed by atoms with Gasteiger partial charge in [0.2, 0.25) is 0 Å². The van der Waals surface area contributed by atoms with Gasteiger partial charge in [-0.2, -0.15) is 0 Å². The van der Waals surface area contributed by atoms with E-state index in [2.05, 4.69) is 383 Å². The standard InChI is InChI=1S/C86H72BN3Si2/c1-85(2,3)61-45-55-80-76(57-61)87-77-58-62(86(4,5)6)46-56-81(77)89(64-49-53-73(54-50-64)92(69-35-19-10-20-36-69,70-37-21-11-22-38-70)71-39-23-12-24-40-71)83-60-65(90-78-43-27-25-41-74(78)75-42-26-28-44-79(75)90)59-82(84(83)87)88(80)63-47-51-72(52-48-63)91(66-29-13-7-14-30-66,67-31-15-8-16-32-67)68-33-17-9-18-34-68/h7-60H,1-6H3. The van der Waals surface area contributed by atoms with Crippen LogP contribution in [0.25, 0.3) is 27.5 Å². The minimum absolute atomic E-state index is 0.101. The Bertz CT molecular complexity index is 4540. The fourth-order valence-electron chi connectivity index (χ4n) is 15.7. The van der Waals surface area contributed by atoms with Crippen LogP contribution >= 0.6 is 0 Å². The Morgan fingerprint density at radius 2 is 0.543 bits per heavy atom. The molecule has 442 valence electrons. The highest BCUT2D eigenvalue weighted by Gasteiger charge is 2.47. The second kappa shape index (κ2) is 22.3. The molecule has 0 bridgehead atoms. The van der Waals surface area contributed by atoms with E-state index in [1.54, 1.807) is 0 Å². The lowest BCUT2D eigenvalue weighted by molar-refractivity contribution is 0.590. The summed E-state index contributed by atoms with van der Waals surface area (Å²) in [6.07, 6.45) is 0. The van der Waals surface area contributed by atoms with E-state index >= 15 is 0 Å². The quantitative estimate of drug-likeness (QED) is 0.0945. The SMILES string of the molecule is CC(C)(C)c1ccc2c(c1)B1c3cc(C(C)(C)C)ccc3N(c3ccc([Si](c4ccccc4)(c4ccccc4)c4ccccc4)cc3)c3cc(-n4c5ccccc5c5ccccc54)cc(c31)N2c1ccc([Si](c2ccccc2)(c2ccccc2)c2ccccc2)cc1. The van der Waals surface area contributed by atoms with Crippen molar-refractivity contribution in [2.24, 2.45) is 0 Å². The third-order valence-electron chi connectivity index (χ3n) is 20.0. The Hall–Kier alpha value is -10.2. The van der Waals surface area contributed by atoms with Gasteiger partial charge in [-0.05, 0) is 141 Å². The van der Waals surface area contributed by atoms with Crippen LogP contribution in [0.2, 0.25) is 0 Å². The number of fused-ring (bicyclic) bond motifs is 7. The molecule has 92 heavy (non-hydrogen) atoms. The molecule has 0 amide bonds.